The first-order chi connectivity index (χ1) is 10.4. The first-order valence-electron chi connectivity index (χ1n) is 7.27. The molecule has 4 heteroatoms. The monoisotopic (exact) mass is 299 g/mol. The van der Waals surface area contributed by atoms with Crippen molar-refractivity contribution >= 4 is 11.6 Å². The van der Waals surface area contributed by atoms with Crippen LogP contribution in [0, 0.1) is 6.92 Å². The number of aromatic hydroxyl groups is 1. The van der Waals surface area contributed by atoms with Crippen molar-refractivity contribution in [3.05, 3.63) is 53.6 Å². The molecule has 0 radical (unpaired) electrons. The number of carbonyl (C=O) groups excluding carboxylic acids is 1. The Morgan fingerprint density at radius 3 is 2.45 bits per heavy atom. The summed E-state index contributed by atoms with van der Waals surface area (Å²) < 4.78 is 5.46. The maximum absolute atomic E-state index is 11.9. The zero-order chi connectivity index (χ0) is 16.1. The Bertz CT molecular complexity index is 628. The summed E-state index contributed by atoms with van der Waals surface area (Å²) in [6, 6.07) is 12.6. The number of hydrogen-bond acceptors (Lipinski definition) is 3. The number of anilines is 1. The van der Waals surface area contributed by atoms with E-state index in [2.05, 4.69) is 19.2 Å². The average molecular weight is 299 g/mol. The average Bonchev–Trinajstić information content (AvgIpc) is 2.44. The van der Waals surface area contributed by atoms with E-state index in [9.17, 15) is 9.90 Å². The lowest BCUT2D eigenvalue weighted by Gasteiger charge is -2.10. The summed E-state index contributed by atoms with van der Waals surface area (Å²) in [6.45, 7) is 6.03. The van der Waals surface area contributed by atoms with Crippen LogP contribution in [0.1, 0.15) is 30.9 Å². The van der Waals surface area contributed by atoms with Gasteiger partial charge in [0.25, 0.3) is 5.91 Å². The number of benzene rings is 2. The molecule has 0 atom stereocenters. The van der Waals surface area contributed by atoms with Crippen molar-refractivity contribution in [3.63, 3.8) is 0 Å². The molecule has 0 heterocycles. The molecule has 2 rings (SSSR count). The highest BCUT2D eigenvalue weighted by atomic mass is 16.5. The molecule has 0 saturated carbocycles. The number of phenols is 1. The number of rotatable bonds is 5. The molecule has 0 bridgehead atoms. The standard InChI is InChI=1S/C18H21NO3/c1-12(2)14-4-6-17(7-5-14)22-11-18(21)19-15-8-13(3)9-16(20)10-15/h4-10,12,20H,11H2,1-3H3,(H,19,21). The van der Waals surface area contributed by atoms with Crippen molar-refractivity contribution in [3.8, 4) is 11.5 Å². The zero-order valence-electron chi connectivity index (χ0n) is 13.1. The lowest BCUT2D eigenvalue weighted by atomic mass is 10.0. The van der Waals surface area contributed by atoms with Crippen LogP contribution in [0.25, 0.3) is 0 Å². The third kappa shape index (κ3) is 4.52. The van der Waals surface area contributed by atoms with Gasteiger partial charge in [0, 0.05) is 11.8 Å². The minimum absolute atomic E-state index is 0.0737. The van der Waals surface area contributed by atoms with Crippen LogP contribution in [-0.4, -0.2) is 17.6 Å². The number of ether oxygens (including phenoxy) is 1. The smallest absolute Gasteiger partial charge is 0.262 e. The Balaban J connectivity index is 1.89. The van der Waals surface area contributed by atoms with Crippen molar-refractivity contribution in [1.82, 2.24) is 0 Å². The van der Waals surface area contributed by atoms with Crippen molar-refractivity contribution in [2.45, 2.75) is 26.7 Å². The Morgan fingerprint density at radius 1 is 1.18 bits per heavy atom. The van der Waals surface area contributed by atoms with Gasteiger partial charge in [-0.25, -0.2) is 0 Å². The normalized spacial score (nSPS) is 10.5. The minimum atomic E-state index is -0.266. The van der Waals surface area contributed by atoms with Crippen molar-refractivity contribution in [1.29, 1.82) is 0 Å². The molecule has 22 heavy (non-hydrogen) atoms. The summed E-state index contributed by atoms with van der Waals surface area (Å²) in [5.41, 5.74) is 2.66. The Labute approximate surface area is 130 Å². The minimum Gasteiger partial charge on any atom is -0.508 e. The van der Waals surface area contributed by atoms with Gasteiger partial charge in [0.05, 0.1) is 0 Å². The maximum atomic E-state index is 11.9. The summed E-state index contributed by atoms with van der Waals surface area (Å²) in [6.07, 6.45) is 0. The quantitative estimate of drug-likeness (QED) is 0.882. The van der Waals surface area contributed by atoms with E-state index in [4.69, 9.17) is 4.74 Å². The molecule has 0 saturated heterocycles. The first kappa shape index (κ1) is 15.9. The molecule has 0 unspecified atom stereocenters. The summed E-state index contributed by atoms with van der Waals surface area (Å²) in [4.78, 5) is 11.9. The number of hydrogen-bond donors (Lipinski definition) is 2. The molecule has 2 aromatic rings. The molecule has 0 aliphatic rings. The van der Waals surface area contributed by atoms with Crippen LogP contribution in [0.15, 0.2) is 42.5 Å². The largest absolute Gasteiger partial charge is 0.508 e. The van der Waals surface area contributed by atoms with Gasteiger partial charge in [0.1, 0.15) is 11.5 Å². The maximum Gasteiger partial charge on any atom is 0.262 e. The van der Waals surface area contributed by atoms with Crippen LogP contribution in [0.3, 0.4) is 0 Å². The molecule has 1 amide bonds. The fraction of sp³-hybridized carbons (Fsp3) is 0.278. The SMILES string of the molecule is Cc1cc(O)cc(NC(=O)COc2ccc(C(C)C)cc2)c1. The molecule has 4 nitrogen and oxygen atoms in total. The summed E-state index contributed by atoms with van der Waals surface area (Å²) in [7, 11) is 0. The molecule has 0 aliphatic carbocycles. The van der Waals surface area contributed by atoms with Crippen LogP contribution >= 0.6 is 0 Å². The number of aryl methyl sites for hydroxylation is 1. The number of phenolic OH excluding ortho intramolecular Hbond substituents is 1. The van der Waals surface area contributed by atoms with Gasteiger partial charge in [-0.1, -0.05) is 26.0 Å². The topological polar surface area (TPSA) is 58.6 Å². The molecule has 116 valence electrons. The predicted molar refractivity (Wildman–Crippen MR) is 87.5 cm³/mol. The molecular formula is C18H21NO3. The van der Waals surface area contributed by atoms with E-state index in [-0.39, 0.29) is 18.3 Å². The number of nitrogens with one attached hydrogen (secondary N) is 1. The second kappa shape index (κ2) is 6.98. The van der Waals surface area contributed by atoms with Crippen molar-refractivity contribution < 1.29 is 14.6 Å². The summed E-state index contributed by atoms with van der Waals surface area (Å²) in [5, 5.41) is 12.2. The van der Waals surface area contributed by atoms with E-state index in [1.165, 1.54) is 11.6 Å². The van der Waals surface area contributed by atoms with Crippen LogP contribution in [0.4, 0.5) is 5.69 Å². The molecule has 2 N–H and O–H groups in total. The first-order valence-corrected chi connectivity index (χ1v) is 7.27. The third-order valence-electron chi connectivity index (χ3n) is 3.26. The predicted octanol–water partition coefficient (Wildman–Crippen LogP) is 3.84. The van der Waals surface area contributed by atoms with Crippen molar-refractivity contribution in [2.24, 2.45) is 0 Å². The van der Waals surface area contributed by atoms with Crippen LogP contribution in [0.2, 0.25) is 0 Å². The highest BCUT2D eigenvalue weighted by molar-refractivity contribution is 5.92. The van der Waals surface area contributed by atoms with E-state index in [0.717, 1.165) is 5.56 Å². The fourth-order valence-electron chi connectivity index (χ4n) is 2.13. The van der Waals surface area contributed by atoms with Gasteiger partial charge >= 0.3 is 0 Å². The number of carbonyl (C=O) groups is 1. The van der Waals surface area contributed by atoms with Gasteiger partial charge in [-0.15, -0.1) is 0 Å². The zero-order valence-corrected chi connectivity index (χ0v) is 13.1. The third-order valence-corrected chi connectivity index (χ3v) is 3.26. The van der Waals surface area contributed by atoms with Gasteiger partial charge in [-0.3, -0.25) is 4.79 Å². The van der Waals surface area contributed by atoms with E-state index < -0.39 is 0 Å². The van der Waals surface area contributed by atoms with Gasteiger partial charge in [-0.05, 0) is 48.2 Å². The number of amides is 1. The molecule has 0 aromatic heterocycles. The van der Waals surface area contributed by atoms with E-state index in [1.807, 2.05) is 31.2 Å². The van der Waals surface area contributed by atoms with Gasteiger partial charge < -0.3 is 15.2 Å². The highest BCUT2D eigenvalue weighted by Crippen LogP contribution is 2.20. The summed E-state index contributed by atoms with van der Waals surface area (Å²) in [5.74, 6) is 0.983. The lowest BCUT2D eigenvalue weighted by Crippen LogP contribution is -2.20. The van der Waals surface area contributed by atoms with Gasteiger partial charge in [0.15, 0.2) is 6.61 Å². The Morgan fingerprint density at radius 2 is 1.86 bits per heavy atom. The van der Waals surface area contributed by atoms with Crippen LogP contribution in [-0.2, 0) is 4.79 Å². The van der Waals surface area contributed by atoms with Crippen LogP contribution < -0.4 is 10.1 Å². The molecule has 0 aliphatic heterocycles. The van der Waals surface area contributed by atoms with Gasteiger partial charge in [-0.2, -0.15) is 0 Å². The van der Waals surface area contributed by atoms with E-state index >= 15 is 0 Å². The van der Waals surface area contributed by atoms with E-state index in [0.29, 0.717) is 17.4 Å². The Kier molecular flexibility index (Phi) is 5.04. The van der Waals surface area contributed by atoms with E-state index in [1.54, 1.807) is 12.1 Å². The second-order valence-electron chi connectivity index (χ2n) is 5.62. The molecule has 0 spiro atoms. The van der Waals surface area contributed by atoms with Crippen molar-refractivity contribution in [2.75, 3.05) is 11.9 Å². The molecular weight excluding hydrogens is 278 g/mol. The summed E-state index contributed by atoms with van der Waals surface area (Å²) >= 11 is 0. The molecule has 2 aromatic carbocycles. The lowest BCUT2D eigenvalue weighted by molar-refractivity contribution is -0.118. The van der Waals surface area contributed by atoms with Gasteiger partial charge in [0.2, 0.25) is 0 Å². The highest BCUT2D eigenvalue weighted by Gasteiger charge is 2.06. The molecule has 0 fully saturated rings. The van der Waals surface area contributed by atoms with Crippen LogP contribution in [0.5, 0.6) is 11.5 Å². The Hall–Kier alpha value is -2.49. The second-order valence-corrected chi connectivity index (χ2v) is 5.62. The fourth-order valence-corrected chi connectivity index (χ4v) is 2.13.